The van der Waals surface area contributed by atoms with E-state index < -0.39 is 0 Å². The number of aliphatic hydroxyl groups excluding tert-OH is 1. The molecule has 0 bridgehead atoms. The van der Waals surface area contributed by atoms with Gasteiger partial charge in [-0.2, -0.15) is 0 Å². The highest BCUT2D eigenvalue weighted by Gasteiger charge is 2.11. The summed E-state index contributed by atoms with van der Waals surface area (Å²) >= 11 is 1.56. The van der Waals surface area contributed by atoms with E-state index in [0.717, 1.165) is 5.03 Å². The van der Waals surface area contributed by atoms with E-state index in [1.54, 1.807) is 24.9 Å². The minimum Gasteiger partial charge on any atom is -0.392 e. The van der Waals surface area contributed by atoms with Crippen LogP contribution in [0.3, 0.4) is 0 Å². The van der Waals surface area contributed by atoms with Gasteiger partial charge in [0.1, 0.15) is 5.03 Å². The standard InChI is InChI=1S/C10H17N3OS/c1-7(14)8(2)15-9-5-6-11-10(12-9)13(3)4/h5-8,14H,1-4H3. The van der Waals surface area contributed by atoms with Gasteiger partial charge >= 0.3 is 0 Å². The van der Waals surface area contributed by atoms with Crippen molar-refractivity contribution < 1.29 is 5.11 Å². The van der Waals surface area contributed by atoms with Gasteiger partial charge in [0.05, 0.1) is 6.10 Å². The second kappa shape index (κ2) is 5.32. The fourth-order valence-corrected chi connectivity index (χ4v) is 1.75. The Labute approximate surface area is 94.7 Å². The molecule has 4 nitrogen and oxygen atoms in total. The van der Waals surface area contributed by atoms with Gasteiger partial charge in [-0.3, -0.25) is 0 Å². The van der Waals surface area contributed by atoms with E-state index in [1.165, 1.54) is 0 Å². The Kier molecular flexibility index (Phi) is 4.35. The summed E-state index contributed by atoms with van der Waals surface area (Å²) in [4.78, 5) is 10.3. The van der Waals surface area contributed by atoms with Crippen LogP contribution in [0, 0.1) is 0 Å². The zero-order valence-electron chi connectivity index (χ0n) is 9.51. The molecule has 1 heterocycles. The molecular formula is C10H17N3OS. The molecule has 84 valence electrons. The van der Waals surface area contributed by atoms with Gasteiger partial charge in [-0.05, 0) is 13.0 Å². The topological polar surface area (TPSA) is 49.3 Å². The molecular weight excluding hydrogens is 210 g/mol. The molecule has 1 N–H and O–H groups in total. The van der Waals surface area contributed by atoms with Crippen LogP contribution in [-0.2, 0) is 0 Å². The van der Waals surface area contributed by atoms with Crippen LogP contribution in [0.4, 0.5) is 5.95 Å². The van der Waals surface area contributed by atoms with Crippen LogP contribution in [0.25, 0.3) is 0 Å². The molecule has 0 saturated carbocycles. The van der Waals surface area contributed by atoms with Gasteiger partial charge in [0, 0.05) is 25.5 Å². The highest BCUT2D eigenvalue weighted by Crippen LogP contribution is 2.23. The van der Waals surface area contributed by atoms with Gasteiger partial charge in [-0.1, -0.05) is 6.92 Å². The summed E-state index contributed by atoms with van der Waals surface area (Å²) in [6.07, 6.45) is 1.40. The van der Waals surface area contributed by atoms with Crippen molar-refractivity contribution in [3.8, 4) is 0 Å². The molecule has 2 unspecified atom stereocenters. The fourth-order valence-electron chi connectivity index (χ4n) is 0.902. The number of aromatic nitrogens is 2. The molecule has 0 aliphatic heterocycles. The molecule has 1 aromatic rings. The normalized spacial score (nSPS) is 14.7. The first-order chi connectivity index (χ1) is 7.00. The first-order valence-corrected chi connectivity index (χ1v) is 5.73. The maximum absolute atomic E-state index is 9.39. The lowest BCUT2D eigenvalue weighted by atomic mass is 10.3. The fraction of sp³-hybridized carbons (Fsp3) is 0.600. The summed E-state index contributed by atoms with van der Waals surface area (Å²) in [5.74, 6) is 0.692. The van der Waals surface area contributed by atoms with Crippen LogP contribution in [0.5, 0.6) is 0 Å². The highest BCUT2D eigenvalue weighted by molar-refractivity contribution is 7.99. The minimum absolute atomic E-state index is 0.134. The lowest BCUT2D eigenvalue weighted by Crippen LogP contribution is -2.16. The van der Waals surface area contributed by atoms with Gasteiger partial charge in [-0.15, -0.1) is 11.8 Å². The van der Waals surface area contributed by atoms with E-state index in [9.17, 15) is 5.11 Å². The molecule has 0 amide bonds. The zero-order valence-corrected chi connectivity index (χ0v) is 10.3. The van der Waals surface area contributed by atoms with Crippen molar-refractivity contribution in [2.45, 2.75) is 30.2 Å². The zero-order chi connectivity index (χ0) is 11.4. The third kappa shape index (κ3) is 3.68. The maximum Gasteiger partial charge on any atom is 0.225 e. The predicted molar refractivity (Wildman–Crippen MR) is 63.4 cm³/mol. The Balaban J connectivity index is 2.73. The van der Waals surface area contributed by atoms with Gasteiger partial charge in [0.25, 0.3) is 0 Å². The van der Waals surface area contributed by atoms with Gasteiger partial charge in [0.2, 0.25) is 5.95 Å². The third-order valence-corrected chi connectivity index (χ3v) is 3.24. The maximum atomic E-state index is 9.39. The molecule has 0 spiro atoms. The van der Waals surface area contributed by atoms with Gasteiger partial charge in [-0.25, -0.2) is 9.97 Å². The third-order valence-electron chi connectivity index (χ3n) is 2.00. The molecule has 0 aliphatic rings. The molecule has 5 heteroatoms. The molecule has 2 atom stereocenters. The van der Waals surface area contributed by atoms with Crippen molar-refractivity contribution in [1.82, 2.24) is 9.97 Å². The van der Waals surface area contributed by atoms with E-state index in [2.05, 4.69) is 9.97 Å². The number of anilines is 1. The van der Waals surface area contributed by atoms with Gasteiger partial charge in [0.15, 0.2) is 0 Å². The summed E-state index contributed by atoms with van der Waals surface area (Å²) in [6.45, 7) is 3.76. The summed E-state index contributed by atoms with van der Waals surface area (Å²) in [7, 11) is 3.81. The van der Waals surface area contributed by atoms with Crippen LogP contribution in [0.2, 0.25) is 0 Å². The van der Waals surface area contributed by atoms with E-state index >= 15 is 0 Å². The Morgan fingerprint density at radius 1 is 1.40 bits per heavy atom. The van der Waals surface area contributed by atoms with Crippen molar-refractivity contribution in [3.05, 3.63) is 12.3 Å². The average molecular weight is 227 g/mol. The average Bonchev–Trinajstić information content (AvgIpc) is 2.18. The second-order valence-electron chi connectivity index (χ2n) is 3.65. The number of thioether (sulfide) groups is 1. The summed E-state index contributed by atoms with van der Waals surface area (Å²) in [5.41, 5.74) is 0. The highest BCUT2D eigenvalue weighted by atomic mass is 32.2. The summed E-state index contributed by atoms with van der Waals surface area (Å²) in [6, 6.07) is 1.86. The monoisotopic (exact) mass is 227 g/mol. The van der Waals surface area contributed by atoms with Crippen LogP contribution < -0.4 is 4.90 Å². The predicted octanol–water partition coefficient (Wildman–Crippen LogP) is 1.40. The quantitative estimate of drug-likeness (QED) is 0.622. The SMILES string of the molecule is CC(O)C(C)Sc1ccnc(N(C)C)n1. The number of nitrogens with zero attached hydrogens (tertiary/aromatic N) is 3. The molecule has 0 aromatic carbocycles. The molecule has 15 heavy (non-hydrogen) atoms. The van der Waals surface area contributed by atoms with Crippen molar-refractivity contribution >= 4 is 17.7 Å². The van der Waals surface area contributed by atoms with Crippen molar-refractivity contribution in [3.63, 3.8) is 0 Å². The minimum atomic E-state index is -0.340. The Morgan fingerprint density at radius 2 is 2.07 bits per heavy atom. The first-order valence-electron chi connectivity index (χ1n) is 4.86. The summed E-state index contributed by atoms with van der Waals surface area (Å²) < 4.78 is 0. The summed E-state index contributed by atoms with van der Waals surface area (Å²) in [5, 5.41) is 10.4. The Morgan fingerprint density at radius 3 is 2.60 bits per heavy atom. The van der Waals surface area contributed by atoms with Crippen molar-refractivity contribution in [2.75, 3.05) is 19.0 Å². The first kappa shape index (κ1) is 12.3. The molecule has 0 aliphatic carbocycles. The van der Waals surface area contributed by atoms with Crippen LogP contribution >= 0.6 is 11.8 Å². The molecule has 1 aromatic heterocycles. The van der Waals surface area contributed by atoms with E-state index in [4.69, 9.17) is 0 Å². The lowest BCUT2D eigenvalue weighted by molar-refractivity contribution is 0.196. The Hall–Kier alpha value is -0.810. The van der Waals surface area contributed by atoms with Gasteiger partial charge < -0.3 is 10.0 Å². The van der Waals surface area contributed by atoms with E-state index in [0.29, 0.717) is 5.95 Å². The van der Waals surface area contributed by atoms with Crippen molar-refractivity contribution in [1.29, 1.82) is 0 Å². The number of rotatable bonds is 4. The van der Waals surface area contributed by atoms with E-state index in [1.807, 2.05) is 32.0 Å². The van der Waals surface area contributed by atoms with Crippen molar-refractivity contribution in [2.24, 2.45) is 0 Å². The van der Waals surface area contributed by atoms with Crippen LogP contribution in [-0.4, -0.2) is 40.5 Å². The van der Waals surface area contributed by atoms with Crippen LogP contribution in [0.1, 0.15) is 13.8 Å². The Bertz CT molecular complexity index is 317. The largest absolute Gasteiger partial charge is 0.392 e. The molecule has 0 saturated heterocycles. The lowest BCUT2D eigenvalue weighted by Gasteiger charge is -2.15. The van der Waals surface area contributed by atoms with Crippen LogP contribution in [0.15, 0.2) is 17.3 Å². The van der Waals surface area contributed by atoms with E-state index in [-0.39, 0.29) is 11.4 Å². The number of hydrogen-bond acceptors (Lipinski definition) is 5. The molecule has 0 fully saturated rings. The number of hydrogen-bond donors (Lipinski definition) is 1. The molecule has 1 rings (SSSR count). The smallest absolute Gasteiger partial charge is 0.225 e. The number of aliphatic hydroxyl groups is 1. The molecule has 0 radical (unpaired) electrons. The second-order valence-corrected chi connectivity index (χ2v) is 5.05.